The Morgan fingerprint density at radius 1 is 1.10 bits per heavy atom. The van der Waals surface area contributed by atoms with Gasteiger partial charge in [-0.1, -0.05) is 18.2 Å². The Balaban J connectivity index is 0.00000147. The van der Waals surface area contributed by atoms with Gasteiger partial charge in [-0.2, -0.15) is 0 Å². The van der Waals surface area contributed by atoms with Crippen molar-refractivity contribution in [1.82, 2.24) is 0 Å². The number of methoxy groups -OCH3 is 1. The molecule has 0 bridgehead atoms. The lowest BCUT2D eigenvalue weighted by Gasteiger charge is -2.19. The van der Waals surface area contributed by atoms with Crippen LogP contribution >= 0.6 is 24.0 Å². The zero-order valence-electron chi connectivity index (χ0n) is 11.1. The Labute approximate surface area is 135 Å². The topological polar surface area (TPSA) is 45.6 Å². The van der Waals surface area contributed by atoms with Crippen molar-refractivity contribution < 1.29 is 4.74 Å². The summed E-state index contributed by atoms with van der Waals surface area (Å²) in [4.78, 5) is 4.47. The van der Waals surface area contributed by atoms with Crippen molar-refractivity contribution in [3.8, 4) is 5.75 Å². The van der Waals surface area contributed by atoms with Crippen LogP contribution in [0.4, 0.5) is 11.4 Å². The molecule has 0 spiro atoms. The number of anilines is 2. The van der Waals surface area contributed by atoms with Crippen LogP contribution in [0, 0.1) is 0 Å². The van der Waals surface area contributed by atoms with Crippen LogP contribution in [0.15, 0.2) is 53.5 Å². The molecule has 0 aliphatic carbocycles. The van der Waals surface area contributed by atoms with Crippen LogP contribution in [-0.2, 0) is 6.54 Å². The summed E-state index contributed by atoms with van der Waals surface area (Å²) in [5.74, 6) is 1.61. The standard InChI is InChI=1S/C15H15N3O.HI/c1-19-13-8-6-12(7-9-13)17-15-16-10-11-4-2-3-5-14(11)18-15;/h2-9H,10H2,1H3,(H2,16,17,18);1H. The molecule has 5 heteroatoms. The second kappa shape index (κ2) is 6.60. The Kier molecular flexibility index (Phi) is 4.84. The number of benzene rings is 2. The fraction of sp³-hybridized carbons (Fsp3) is 0.133. The SMILES string of the molecule is COc1ccc(NC2=NCc3ccccc3N2)cc1.I. The van der Waals surface area contributed by atoms with E-state index in [2.05, 4.69) is 27.8 Å². The molecule has 2 N–H and O–H groups in total. The molecule has 0 amide bonds. The lowest BCUT2D eigenvalue weighted by molar-refractivity contribution is 0.415. The Morgan fingerprint density at radius 2 is 1.85 bits per heavy atom. The van der Waals surface area contributed by atoms with Crippen LogP contribution in [0.25, 0.3) is 0 Å². The molecule has 2 aromatic carbocycles. The van der Waals surface area contributed by atoms with Gasteiger partial charge in [0.25, 0.3) is 0 Å². The number of aliphatic imine (C=N–C) groups is 1. The smallest absolute Gasteiger partial charge is 0.200 e. The van der Waals surface area contributed by atoms with Crippen LogP contribution in [0.1, 0.15) is 5.56 Å². The van der Waals surface area contributed by atoms with E-state index in [0.29, 0.717) is 6.54 Å². The number of nitrogens with one attached hydrogen (secondary N) is 2. The summed E-state index contributed by atoms with van der Waals surface area (Å²) in [7, 11) is 1.66. The third-order valence-corrected chi connectivity index (χ3v) is 3.03. The maximum Gasteiger partial charge on any atom is 0.200 e. The van der Waals surface area contributed by atoms with Crippen LogP contribution in [-0.4, -0.2) is 13.1 Å². The van der Waals surface area contributed by atoms with Gasteiger partial charge in [-0.05, 0) is 35.9 Å². The fourth-order valence-electron chi connectivity index (χ4n) is 1.99. The predicted octanol–water partition coefficient (Wildman–Crippen LogP) is 3.71. The summed E-state index contributed by atoms with van der Waals surface area (Å²) in [5, 5.41) is 6.54. The second-order valence-electron chi connectivity index (χ2n) is 4.30. The minimum atomic E-state index is 0. The van der Waals surface area contributed by atoms with E-state index in [1.54, 1.807) is 7.11 Å². The molecule has 3 rings (SSSR count). The van der Waals surface area contributed by atoms with E-state index in [-0.39, 0.29) is 24.0 Å². The molecule has 0 aromatic heterocycles. The lowest BCUT2D eigenvalue weighted by Crippen LogP contribution is -2.25. The summed E-state index contributed by atoms with van der Waals surface area (Å²) in [5.41, 5.74) is 3.29. The highest BCUT2D eigenvalue weighted by Gasteiger charge is 2.10. The average Bonchev–Trinajstić information content (AvgIpc) is 2.48. The molecule has 0 radical (unpaired) electrons. The number of hydrogen-bond donors (Lipinski definition) is 2. The number of para-hydroxylation sites is 1. The lowest BCUT2D eigenvalue weighted by atomic mass is 10.1. The monoisotopic (exact) mass is 381 g/mol. The van der Waals surface area contributed by atoms with Crippen molar-refractivity contribution in [2.45, 2.75) is 6.54 Å². The van der Waals surface area contributed by atoms with E-state index < -0.39 is 0 Å². The molecule has 0 fully saturated rings. The normalized spacial score (nSPS) is 12.3. The van der Waals surface area contributed by atoms with Gasteiger partial charge >= 0.3 is 0 Å². The number of rotatable bonds is 2. The fourth-order valence-corrected chi connectivity index (χ4v) is 1.99. The summed E-state index contributed by atoms with van der Waals surface area (Å²) in [6.45, 7) is 0.696. The van der Waals surface area contributed by atoms with Crippen LogP contribution < -0.4 is 15.4 Å². The number of halogens is 1. The third kappa shape index (κ3) is 3.22. The maximum atomic E-state index is 5.13. The van der Waals surface area contributed by atoms with Crippen molar-refractivity contribution in [2.75, 3.05) is 17.7 Å². The first-order valence-electron chi connectivity index (χ1n) is 6.15. The number of ether oxygens (including phenoxy) is 1. The minimum Gasteiger partial charge on any atom is -0.497 e. The molecule has 0 atom stereocenters. The van der Waals surface area contributed by atoms with Gasteiger partial charge in [0.2, 0.25) is 5.96 Å². The first-order chi connectivity index (χ1) is 9.35. The second-order valence-corrected chi connectivity index (χ2v) is 4.30. The van der Waals surface area contributed by atoms with Crippen LogP contribution in [0.2, 0.25) is 0 Å². The number of hydrogen-bond acceptors (Lipinski definition) is 4. The van der Waals surface area contributed by atoms with E-state index >= 15 is 0 Å². The van der Waals surface area contributed by atoms with E-state index in [1.807, 2.05) is 36.4 Å². The average molecular weight is 381 g/mol. The van der Waals surface area contributed by atoms with E-state index in [0.717, 1.165) is 23.1 Å². The summed E-state index contributed by atoms with van der Waals surface area (Å²) in [6.07, 6.45) is 0. The molecule has 1 aliphatic rings. The third-order valence-electron chi connectivity index (χ3n) is 3.03. The van der Waals surface area contributed by atoms with Gasteiger partial charge in [-0.3, -0.25) is 0 Å². The van der Waals surface area contributed by atoms with Gasteiger partial charge in [0, 0.05) is 11.4 Å². The first kappa shape index (κ1) is 14.6. The van der Waals surface area contributed by atoms with E-state index in [9.17, 15) is 0 Å². The quantitative estimate of drug-likeness (QED) is 0.780. The molecule has 20 heavy (non-hydrogen) atoms. The summed E-state index contributed by atoms with van der Waals surface area (Å²) < 4.78 is 5.13. The zero-order chi connectivity index (χ0) is 13.1. The van der Waals surface area contributed by atoms with Crippen molar-refractivity contribution in [3.05, 3.63) is 54.1 Å². The van der Waals surface area contributed by atoms with Gasteiger partial charge in [0.05, 0.1) is 13.7 Å². The Hall–Kier alpha value is -1.76. The van der Waals surface area contributed by atoms with E-state index in [1.165, 1.54) is 5.56 Å². The van der Waals surface area contributed by atoms with Gasteiger partial charge in [-0.25, -0.2) is 4.99 Å². The van der Waals surface area contributed by atoms with Crippen LogP contribution in [0.3, 0.4) is 0 Å². The first-order valence-corrected chi connectivity index (χ1v) is 6.15. The van der Waals surface area contributed by atoms with Crippen molar-refractivity contribution in [3.63, 3.8) is 0 Å². The predicted molar refractivity (Wildman–Crippen MR) is 93.2 cm³/mol. The maximum absolute atomic E-state index is 5.13. The van der Waals surface area contributed by atoms with Crippen LogP contribution in [0.5, 0.6) is 5.75 Å². The highest BCUT2D eigenvalue weighted by molar-refractivity contribution is 14.0. The molecule has 104 valence electrons. The molecular formula is C15H16IN3O. The Bertz CT molecular complexity index is 611. The summed E-state index contributed by atoms with van der Waals surface area (Å²) >= 11 is 0. The molecule has 0 saturated heterocycles. The molecule has 0 saturated carbocycles. The van der Waals surface area contributed by atoms with Crippen molar-refractivity contribution in [2.24, 2.45) is 4.99 Å². The minimum absolute atomic E-state index is 0. The largest absolute Gasteiger partial charge is 0.497 e. The molecule has 1 heterocycles. The van der Waals surface area contributed by atoms with Gasteiger partial charge in [-0.15, -0.1) is 24.0 Å². The van der Waals surface area contributed by atoms with Crippen molar-refractivity contribution in [1.29, 1.82) is 0 Å². The number of guanidine groups is 1. The van der Waals surface area contributed by atoms with Gasteiger partial charge < -0.3 is 15.4 Å². The van der Waals surface area contributed by atoms with Gasteiger partial charge in [0.1, 0.15) is 5.75 Å². The molecular weight excluding hydrogens is 365 g/mol. The van der Waals surface area contributed by atoms with Crippen molar-refractivity contribution >= 4 is 41.3 Å². The molecule has 2 aromatic rings. The molecule has 0 unspecified atom stereocenters. The van der Waals surface area contributed by atoms with E-state index in [4.69, 9.17) is 4.74 Å². The number of fused-ring (bicyclic) bond motifs is 1. The molecule has 4 nitrogen and oxygen atoms in total. The van der Waals surface area contributed by atoms with Gasteiger partial charge in [0.15, 0.2) is 0 Å². The zero-order valence-corrected chi connectivity index (χ0v) is 13.4. The molecule has 1 aliphatic heterocycles. The summed E-state index contributed by atoms with van der Waals surface area (Å²) in [6, 6.07) is 15.9. The Morgan fingerprint density at radius 3 is 2.60 bits per heavy atom. The highest BCUT2D eigenvalue weighted by atomic mass is 127. The highest BCUT2D eigenvalue weighted by Crippen LogP contribution is 2.21. The number of nitrogens with zero attached hydrogens (tertiary/aromatic N) is 1.